The highest BCUT2D eigenvalue weighted by molar-refractivity contribution is 5.86. The van der Waals surface area contributed by atoms with Crippen molar-refractivity contribution in [1.29, 1.82) is 0 Å². The molecule has 150 valence electrons. The van der Waals surface area contributed by atoms with Crippen molar-refractivity contribution in [2.45, 2.75) is 57.6 Å². The fraction of sp³-hybridized carbons (Fsp3) is 0.682. The summed E-state index contributed by atoms with van der Waals surface area (Å²) in [5.41, 5.74) is 1.17. The molecule has 5 heteroatoms. The lowest BCUT2D eigenvalue weighted by Crippen LogP contribution is -2.58. The Morgan fingerprint density at radius 1 is 1.11 bits per heavy atom. The quantitative estimate of drug-likeness (QED) is 0.687. The second-order valence-corrected chi connectivity index (χ2v) is 8.48. The van der Waals surface area contributed by atoms with Crippen LogP contribution in [0, 0.1) is 0 Å². The fourth-order valence-electron chi connectivity index (χ4n) is 4.15. The van der Waals surface area contributed by atoms with Gasteiger partial charge in [-0.1, -0.05) is 38.1 Å². The van der Waals surface area contributed by atoms with Gasteiger partial charge in [0.15, 0.2) is 5.60 Å². The summed E-state index contributed by atoms with van der Waals surface area (Å²) in [7, 11) is 0. The van der Waals surface area contributed by atoms with Gasteiger partial charge < -0.3 is 20.2 Å². The summed E-state index contributed by atoms with van der Waals surface area (Å²) in [5.74, 6) is 0.378. The second kappa shape index (κ2) is 9.18. The van der Waals surface area contributed by atoms with E-state index in [1.54, 1.807) is 0 Å². The average molecular weight is 374 g/mol. The van der Waals surface area contributed by atoms with Crippen molar-refractivity contribution in [3.8, 4) is 0 Å². The Bertz CT molecular complexity index is 610. The number of hydrogen-bond donors (Lipinski definition) is 2. The number of hydrogen-bond acceptors (Lipinski definition) is 4. The Morgan fingerprint density at radius 2 is 1.81 bits per heavy atom. The highest BCUT2D eigenvalue weighted by atomic mass is 16.3. The van der Waals surface area contributed by atoms with E-state index in [1.807, 2.05) is 4.90 Å². The van der Waals surface area contributed by atoms with Crippen LogP contribution in [0.25, 0.3) is 0 Å². The minimum absolute atomic E-state index is 0.129. The molecular formula is C22H35N3O2. The summed E-state index contributed by atoms with van der Waals surface area (Å²) in [4.78, 5) is 17.2. The molecule has 0 spiro atoms. The Morgan fingerprint density at radius 3 is 2.48 bits per heavy atom. The molecule has 2 N–H and O–H groups in total. The number of nitrogens with one attached hydrogen (secondary N) is 1. The molecule has 2 fully saturated rings. The van der Waals surface area contributed by atoms with Crippen LogP contribution in [0.1, 0.15) is 56.6 Å². The van der Waals surface area contributed by atoms with Crippen LogP contribution < -0.4 is 5.32 Å². The van der Waals surface area contributed by atoms with Crippen LogP contribution in [0.15, 0.2) is 24.3 Å². The van der Waals surface area contributed by atoms with Gasteiger partial charge in [0.1, 0.15) is 0 Å². The molecule has 5 nitrogen and oxygen atoms in total. The lowest BCUT2D eigenvalue weighted by molar-refractivity contribution is -0.157. The number of rotatable bonds is 8. The van der Waals surface area contributed by atoms with Gasteiger partial charge in [-0.3, -0.25) is 4.79 Å². The zero-order chi connectivity index (χ0) is 19.3. The molecule has 0 radical (unpaired) electrons. The molecule has 3 rings (SSSR count). The predicted octanol–water partition coefficient (Wildman–Crippen LogP) is 2.35. The molecule has 2 heterocycles. The number of carbonyl (C=O) groups excluding carboxylic acids is 1. The molecule has 0 saturated carbocycles. The standard InChI is InChI=1S/C22H35N3O2/c1-18(2)20-8-6-19(7-9-20)16-25-14-5-10-22(27,21(25)26)17-23-11-15-24-12-3-4-13-24/h6-9,18,23,27H,3-5,10-17H2,1-2H3/t22-/m1/s1. The lowest BCUT2D eigenvalue weighted by Gasteiger charge is -2.38. The smallest absolute Gasteiger partial charge is 0.256 e. The van der Waals surface area contributed by atoms with E-state index in [0.717, 1.165) is 31.6 Å². The lowest BCUT2D eigenvalue weighted by atomic mass is 9.91. The summed E-state index contributed by atoms with van der Waals surface area (Å²) in [6.45, 7) is 10.2. The maximum atomic E-state index is 12.9. The van der Waals surface area contributed by atoms with E-state index in [-0.39, 0.29) is 5.91 Å². The van der Waals surface area contributed by atoms with E-state index in [9.17, 15) is 9.90 Å². The van der Waals surface area contributed by atoms with Crippen LogP contribution in [0.3, 0.4) is 0 Å². The monoisotopic (exact) mass is 373 g/mol. The highest BCUT2D eigenvalue weighted by Gasteiger charge is 2.41. The molecule has 2 aliphatic rings. The zero-order valence-electron chi connectivity index (χ0n) is 16.9. The molecule has 2 aliphatic heterocycles. The minimum atomic E-state index is -1.26. The molecule has 1 aromatic rings. The molecular weight excluding hydrogens is 338 g/mol. The van der Waals surface area contributed by atoms with Crippen LogP contribution >= 0.6 is 0 Å². The van der Waals surface area contributed by atoms with Gasteiger partial charge in [-0.15, -0.1) is 0 Å². The van der Waals surface area contributed by atoms with Crippen LogP contribution in [0.5, 0.6) is 0 Å². The number of likely N-dealkylation sites (tertiary alicyclic amines) is 2. The SMILES string of the molecule is CC(C)c1ccc(CN2CCC[C@@](O)(CNCCN3CCCC3)C2=O)cc1. The van der Waals surface area contributed by atoms with Crippen LogP contribution in [0.4, 0.5) is 0 Å². The van der Waals surface area contributed by atoms with Crippen molar-refractivity contribution in [1.82, 2.24) is 15.1 Å². The molecule has 1 atom stereocenters. The Balaban J connectivity index is 1.50. The first kappa shape index (κ1) is 20.3. The number of benzene rings is 1. The Labute approximate surface area is 163 Å². The summed E-state index contributed by atoms with van der Waals surface area (Å²) >= 11 is 0. The normalized spacial score (nSPS) is 24.1. The maximum Gasteiger partial charge on any atom is 0.256 e. The van der Waals surface area contributed by atoms with Crippen molar-refractivity contribution in [2.24, 2.45) is 0 Å². The van der Waals surface area contributed by atoms with Crippen molar-refractivity contribution >= 4 is 5.91 Å². The van der Waals surface area contributed by atoms with Crippen molar-refractivity contribution in [3.63, 3.8) is 0 Å². The third-order valence-electron chi connectivity index (χ3n) is 5.94. The van der Waals surface area contributed by atoms with Gasteiger partial charge in [0, 0.05) is 32.7 Å². The van der Waals surface area contributed by atoms with Crippen molar-refractivity contribution < 1.29 is 9.90 Å². The molecule has 0 aromatic heterocycles. The van der Waals surface area contributed by atoms with E-state index in [4.69, 9.17) is 0 Å². The second-order valence-electron chi connectivity index (χ2n) is 8.48. The van der Waals surface area contributed by atoms with Gasteiger partial charge in [-0.25, -0.2) is 0 Å². The van der Waals surface area contributed by atoms with Gasteiger partial charge in [-0.2, -0.15) is 0 Å². The van der Waals surface area contributed by atoms with E-state index in [1.165, 1.54) is 31.5 Å². The van der Waals surface area contributed by atoms with Crippen LogP contribution in [-0.4, -0.2) is 65.7 Å². The van der Waals surface area contributed by atoms with Crippen molar-refractivity contribution in [2.75, 3.05) is 39.3 Å². The van der Waals surface area contributed by atoms with Gasteiger partial charge in [0.2, 0.25) is 0 Å². The molecule has 2 saturated heterocycles. The molecule has 27 heavy (non-hydrogen) atoms. The predicted molar refractivity (Wildman–Crippen MR) is 109 cm³/mol. The Hall–Kier alpha value is -1.43. The zero-order valence-corrected chi connectivity index (χ0v) is 16.9. The summed E-state index contributed by atoms with van der Waals surface area (Å²) in [5, 5.41) is 14.2. The number of piperidine rings is 1. The van der Waals surface area contributed by atoms with Crippen LogP contribution in [0.2, 0.25) is 0 Å². The molecule has 0 unspecified atom stereocenters. The Kier molecular flexibility index (Phi) is 6.90. The largest absolute Gasteiger partial charge is 0.379 e. The van der Waals surface area contributed by atoms with E-state index in [2.05, 4.69) is 48.3 Å². The third kappa shape index (κ3) is 5.31. The first-order valence-electron chi connectivity index (χ1n) is 10.5. The van der Waals surface area contributed by atoms with Gasteiger partial charge in [0.05, 0.1) is 0 Å². The number of amides is 1. The number of carbonyl (C=O) groups is 1. The van der Waals surface area contributed by atoms with Gasteiger partial charge >= 0.3 is 0 Å². The van der Waals surface area contributed by atoms with E-state index in [0.29, 0.717) is 25.4 Å². The van der Waals surface area contributed by atoms with Gasteiger partial charge in [0.25, 0.3) is 5.91 Å². The molecule has 0 bridgehead atoms. The highest BCUT2D eigenvalue weighted by Crippen LogP contribution is 2.24. The summed E-state index contributed by atoms with van der Waals surface area (Å²) < 4.78 is 0. The van der Waals surface area contributed by atoms with E-state index < -0.39 is 5.60 Å². The third-order valence-corrected chi connectivity index (χ3v) is 5.94. The summed E-state index contributed by atoms with van der Waals surface area (Å²) in [6, 6.07) is 8.48. The summed E-state index contributed by atoms with van der Waals surface area (Å²) in [6.07, 6.45) is 3.97. The molecule has 1 amide bonds. The first-order chi connectivity index (χ1) is 13.0. The first-order valence-corrected chi connectivity index (χ1v) is 10.5. The fourth-order valence-corrected chi connectivity index (χ4v) is 4.15. The van der Waals surface area contributed by atoms with Crippen molar-refractivity contribution in [3.05, 3.63) is 35.4 Å². The minimum Gasteiger partial charge on any atom is -0.379 e. The number of nitrogens with zero attached hydrogens (tertiary/aromatic N) is 2. The van der Waals surface area contributed by atoms with Gasteiger partial charge in [-0.05, 0) is 55.8 Å². The molecule has 0 aliphatic carbocycles. The molecule has 1 aromatic carbocycles. The van der Waals surface area contributed by atoms with E-state index >= 15 is 0 Å². The number of aliphatic hydroxyl groups is 1. The topological polar surface area (TPSA) is 55.8 Å². The van der Waals surface area contributed by atoms with Crippen LogP contribution in [-0.2, 0) is 11.3 Å². The maximum absolute atomic E-state index is 12.9. The average Bonchev–Trinajstić information content (AvgIpc) is 3.17.